The third-order valence-electron chi connectivity index (χ3n) is 6.07. The summed E-state index contributed by atoms with van der Waals surface area (Å²) in [5, 5.41) is 9.11. The quantitative estimate of drug-likeness (QED) is 0.293. The Hall–Kier alpha value is -3.66. The van der Waals surface area contributed by atoms with Crippen molar-refractivity contribution in [1.82, 2.24) is 3.97 Å². The van der Waals surface area contributed by atoms with E-state index in [9.17, 15) is 30.8 Å². The van der Waals surface area contributed by atoms with E-state index in [1.807, 2.05) is 20.8 Å². The Labute approximate surface area is 211 Å². The largest absolute Gasteiger partial charge is 0.478 e. The second kappa shape index (κ2) is 9.02. The molecule has 194 valence electrons. The fourth-order valence-corrected chi connectivity index (χ4v) is 5.67. The lowest BCUT2D eigenvalue weighted by Gasteiger charge is -2.20. The number of carbonyl (C=O) groups is 1. The highest BCUT2D eigenvalue weighted by atomic mass is 32.2. The lowest BCUT2D eigenvalue weighted by Crippen LogP contribution is -2.18. The minimum Gasteiger partial charge on any atom is -0.478 e. The van der Waals surface area contributed by atoms with Crippen molar-refractivity contribution in [2.75, 3.05) is 0 Å². The third-order valence-corrected chi connectivity index (χ3v) is 7.83. The molecule has 0 fully saturated rings. The van der Waals surface area contributed by atoms with Gasteiger partial charge in [-0.1, -0.05) is 39.0 Å². The standard InChI is InChI=1S/C27H23F4NO4S/c1-26(2,3)19-5-4-6-22(15-19)37(35,36)32-21(12-16-7-8-17(25(33)34)14-23(16)28)13-18-11-20(27(29,30)31)9-10-24(18)32/h4-11,13-15H,12H2,1-3H3,(H,33,34). The summed E-state index contributed by atoms with van der Waals surface area (Å²) < 4.78 is 83.5. The van der Waals surface area contributed by atoms with Gasteiger partial charge in [0, 0.05) is 17.5 Å². The number of alkyl halides is 3. The summed E-state index contributed by atoms with van der Waals surface area (Å²) in [4.78, 5) is 11.1. The maximum absolute atomic E-state index is 14.7. The van der Waals surface area contributed by atoms with E-state index in [0.29, 0.717) is 0 Å². The van der Waals surface area contributed by atoms with E-state index in [0.717, 1.165) is 33.8 Å². The summed E-state index contributed by atoms with van der Waals surface area (Å²) >= 11 is 0. The number of fused-ring (bicyclic) bond motifs is 1. The molecule has 4 rings (SSSR count). The van der Waals surface area contributed by atoms with Gasteiger partial charge in [0.1, 0.15) is 5.82 Å². The van der Waals surface area contributed by atoms with Crippen molar-refractivity contribution in [2.24, 2.45) is 0 Å². The summed E-state index contributed by atoms with van der Waals surface area (Å²) in [5.74, 6) is -2.21. The molecule has 5 nitrogen and oxygen atoms in total. The average Bonchev–Trinajstić information content (AvgIpc) is 3.17. The lowest BCUT2D eigenvalue weighted by molar-refractivity contribution is -0.137. The Bertz CT molecular complexity index is 1630. The van der Waals surface area contributed by atoms with Crippen LogP contribution in [-0.2, 0) is 28.0 Å². The molecule has 0 aliphatic carbocycles. The molecule has 10 heteroatoms. The first-order chi connectivity index (χ1) is 17.1. The van der Waals surface area contributed by atoms with Gasteiger partial charge < -0.3 is 5.11 Å². The highest BCUT2D eigenvalue weighted by Gasteiger charge is 2.32. The van der Waals surface area contributed by atoms with Crippen molar-refractivity contribution in [3.05, 3.63) is 100 Å². The molecule has 0 spiro atoms. The van der Waals surface area contributed by atoms with Gasteiger partial charge in [0.05, 0.1) is 21.5 Å². The zero-order valence-electron chi connectivity index (χ0n) is 20.1. The van der Waals surface area contributed by atoms with Gasteiger partial charge in [0.25, 0.3) is 10.0 Å². The third kappa shape index (κ3) is 5.11. The van der Waals surface area contributed by atoms with E-state index in [4.69, 9.17) is 5.11 Å². The molecule has 0 saturated heterocycles. The molecule has 0 aliphatic heterocycles. The van der Waals surface area contributed by atoms with Gasteiger partial charge in [-0.15, -0.1) is 0 Å². The zero-order valence-corrected chi connectivity index (χ0v) is 20.9. The monoisotopic (exact) mass is 533 g/mol. The number of carboxylic acids is 1. The Kier molecular flexibility index (Phi) is 6.44. The fourth-order valence-electron chi connectivity index (χ4n) is 4.08. The minimum absolute atomic E-state index is 0.00623. The molecule has 3 aromatic carbocycles. The van der Waals surface area contributed by atoms with Crippen molar-refractivity contribution >= 4 is 26.9 Å². The number of aromatic carboxylic acids is 1. The molecule has 1 aromatic heterocycles. The molecule has 0 bridgehead atoms. The molecule has 1 N–H and O–H groups in total. The lowest BCUT2D eigenvalue weighted by atomic mass is 9.87. The van der Waals surface area contributed by atoms with Gasteiger partial charge >= 0.3 is 12.1 Å². The first-order valence-electron chi connectivity index (χ1n) is 11.2. The molecule has 0 unspecified atom stereocenters. The molecular weight excluding hydrogens is 510 g/mol. The molecule has 0 saturated carbocycles. The van der Waals surface area contributed by atoms with Gasteiger partial charge in [-0.25, -0.2) is 21.6 Å². The predicted molar refractivity (Wildman–Crippen MR) is 131 cm³/mol. The number of aromatic nitrogens is 1. The zero-order chi connectivity index (χ0) is 27.3. The van der Waals surface area contributed by atoms with Gasteiger partial charge in [-0.2, -0.15) is 13.2 Å². The Morgan fingerprint density at radius 1 is 0.919 bits per heavy atom. The maximum Gasteiger partial charge on any atom is 0.416 e. The summed E-state index contributed by atoms with van der Waals surface area (Å²) in [6.07, 6.45) is -4.95. The van der Waals surface area contributed by atoms with Crippen LogP contribution in [0.3, 0.4) is 0 Å². The van der Waals surface area contributed by atoms with Gasteiger partial charge in [-0.05, 0) is 65.1 Å². The molecular formula is C27H23F4NO4S. The van der Waals surface area contributed by atoms with Gasteiger partial charge in [-0.3, -0.25) is 0 Å². The van der Waals surface area contributed by atoms with E-state index < -0.39 is 33.5 Å². The van der Waals surface area contributed by atoms with Crippen molar-refractivity contribution in [2.45, 2.75) is 43.7 Å². The summed E-state index contributed by atoms with van der Waals surface area (Å²) in [7, 11) is -4.32. The number of hydrogen-bond donors (Lipinski definition) is 1. The SMILES string of the molecule is CC(C)(C)c1cccc(S(=O)(=O)n2c(Cc3ccc(C(=O)O)cc3F)cc3cc(C(F)(F)F)ccc32)c1. The van der Waals surface area contributed by atoms with Crippen molar-refractivity contribution < 1.29 is 35.9 Å². The second-order valence-electron chi connectivity index (χ2n) is 9.74. The fraction of sp³-hybridized carbons (Fsp3) is 0.222. The van der Waals surface area contributed by atoms with Crippen molar-refractivity contribution in [1.29, 1.82) is 0 Å². The Balaban J connectivity index is 1.94. The maximum atomic E-state index is 14.7. The van der Waals surface area contributed by atoms with E-state index in [1.165, 1.54) is 30.3 Å². The number of hydrogen-bond acceptors (Lipinski definition) is 3. The first-order valence-corrected chi connectivity index (χ1v) is 12.6. The van der Waals surface area contributed by atoms with E-state index >= 15 is 0 Å². The summed E-state index contributed by atoms with van der Waals surface area (Å²) in [6.45, 7) is 5.74. The highest BCUT2D eigenvalue weighted by Crippen LogP contribution is 2.35. The second-order valence-corrected chi connectivity index (χ2v) is 11.5. The Morgan fingerprint density at radius 3 is 2.22 bits per heavy atom. The van der Waals surface area contributed by atoms with E-state index in [2.05, 4.69) is 0 Å². The minimum atomic E-state index is -4.64. The Morgan fingerprint density at radius 2 is 1.62 bits per heavy atom. The van der Waals surface area contributed by atoms with Crippen LogP contribution in [-0.4, -0.2) is 23.5 Å². The van der Waals surface area contributed by atoms with Crippen LogP contribution in [0.4, 0.5) is 17.6 Å². The van der Waals surface area contributed by atoms with E-state index in [-0.39, 0.29) is 44.5 Å². The van der Waals surface area contributed by atoms with Crippen LogP contribution in [0.25, 0.3) is 10.9 Å². The smallest absolute Gasteiger partial charge is 0.416 e. The normalized spacial score (nSPS) is 12.7. The van der Waals surface area contributed by atoms with Crippen LogP contribution in [0.15, 0.2) is 71.6 Å². The van der Waals surface area contributed by atoms with Crippen LogP contribution < -0.4 is 0 Å². The highest BCUT2D eigenvalue weighted by molar-refractivity contribution is 7.90. The molecule has 37 heavy (non-hydrogen) atoms. The summed E-state index contributed by atoms with van der Waals surface area (Å²) in [5.41, 5.74) is -0.853. The molecule has 0 radical (unpaired) electrons. The molecule has 0 atom stereocenters. The summed E-state index contributed by atoms with van der Waals surface area (Å²) in [6, 6.07) is 13.5. The topological polar surface area (TPSA) is 76.4 Å². The number of benzene rings is 3. The molecule has 0 aliphatic rings. The molecule has 4 aromatic rings. The first kappa shape index (κ1) is 26.4. The molecule has 0 amide bonds. The van der Waals surface area contributed by atoms with Crippen LogP contribution in [0.5, 0.6) is 0 Å². The van der Waals surface area contributed by atoms with Gasteiger partial charge in [0.15, 0.2) is 0 Å². The number of rotatable bonds is 5. The van der Waals surface area contributed by atoms with Crippen molar-refractivity contribution in [3.8, 4) is 0 Å². The van der Waals surface area contributed by atoms with Crippen LogP contribution in [0, 0.1) is 5.82 Å². The number of nitrogens with zero attached hydrogens (tertiary/aromatic N) is 1. The van der Waals surface area contributed by atoms with Crippen LogP contribution in [0.2, 0.25) is 0 Å². The average molecular weight is 534 g/mol. The van der Waals surface area contributed by atoms with Crippen molar-refractivity contribution in [3.63, 3.8) is 0 Å². The van der Waals surface area contributed by atoms with Crippen LogP contribution >= 0.6 is 0 Å². The number of carboxylic acid groups (broad SMARTS) is 1. The predicted octanol–water partition coefficient (Wildman–Crippen LogP) is 6.62. The van der Waals surface area contributed by atoms with Crippen LogP contribution in [0.1, 0.15) is 53.5 Å². The number of halogens is 4. The molecule has 1 heterocycles. The van der Waals surface area contributed by atoms with Gasteiger partial charge in [0.2, 0.25) is 0 Å². The van der Waals surface area contributed by atoms with E-state index in [1.54, 1.807) is 12.1 Å².